The van der Waals surface area contributed by atoms with Gasteiger partial charge in [-0.15, -0.1) is 0 Å². The van der Waals surface area contributed by atoms with Crippen molar-refractivity contribution in [2.45, 2.75) is 25.0 Å². The second kappa shape index (κ2) is 4.80. The first-order valence-corrected chi connectivity index (χ1v) is 8.22. The Morgan fingerprint density at radius 1 is 1.33 bits per heavy atom. The topological polar surface area (TPSA) is 72.2 Å². The average molecular weight is 268 g/mol. The van der Waals surface area contributed by atoms with Crippen LogP contribution in [0.25, 0.3) is 0 Å². The number of hydrogen-bond donors (Lipinski definition) is 2. The van der Waals surface area contributed by atoms with Crippen LogP contribution < -0.4 is 11.1 Å². The Hall–Kier alpha value is -1.23. The van der Waals surface area contributed by atoms with Gasteiger partial charge in [-0.3, -0.25) is 0 Å². The highest BCUT2D eigenvalue weighted by Gasteiger charge is 2.25. The summed E-state index contributed by atoms with van der Waals surface area (Å²) in [5.74, 6) is 0.730. The van der Waals surface area contributed by atoms with Crippen LogP contribution in [0.1, 0.15) is 24.0 Å². The maximum Gasteiger partial charge on any atom is 0.151 e. The summed E-state index contributed by atoms with van der Waals surface area (Å²) in [7, 11) is -1.26. The van der Waals surface area contributed by atoms with Crippen LogP contribution in [0, 0.1) is 5.92 Å². The Balaban J connectivity index is 2.45. The molecule has 0 amide bonds. The number of anilines is 2. The molecule has 5 heteroatoms. The zero-order valence-electron chi connectivity index (χ0n) is 10.9. The van der Waals surface area contributed by atoms with Crippen LogP contribution in [-0.4, -0.2) is 21.7 Å². The van der Waals surface area contributed by atoms with Crippen molar-refractivity contribution < 1.29 is 8.42 Å². The second-order valence-electron chi connectivity index (χ2n) is 5.13. The van der Waals surface area contributed by atoms with Gasteiger partial charge in [0, 0.05) is 24.7 Å². The molecule has 3 N–H and O–H groups in total. The smallest absolute Gasteiger partial charge is 0.151 e. The summed E-state index contributed by atoms with van der Waals surface area (Å²) in [5.41, 5.74) is 9.44. The van der Waals surface area contributed by atoms with Crippen molar-refractivity contribution in [2.24, 2.45) is 5.92 Å². The molecule has 1 fully saturated rings. The summed E-state index contributed by atoms with van der Waals surface area (Å²) in [5, 5.41) is 3.06. The van der Waals surface area contributed by atoms with E-state index in [4.69, 9.17) is 5.73 Å². The molecule has 0 aromatic heterocycles. The van der Waals surface area contributed by atoms with Gasteiger partial charge in [-0.25, -0.2) is 8.42 Å². The summed E-state index contributed by atoms with van der Waals surface area (Å²) in [4.78, 5) is 0. The monoisotopic (exact) mass is 268 g/mol. The molecule has 100 valence electrons. The van der Waals surface area contributed by atoms with Crippen LogP contribution in [0.3, 0.4) is 0 Å². The van der Waals surface area contributed by atoms with Gasteiger partial charge in [0.05, 0.1) is 5.75 Å². The lowest BCUT2D eigenvalue weighted by molar-refractivity contribution is 0.601. The molecule has 1 aliphatic carbocycles. The highest BCUT2D eigenvalue weighted by Crippen LogP contribution is 2.37. The third-order valence-corrected chi connectivity index (χ3v) is 4.15. The summed E-state index contributed by atoms with van der Waals surface area (Å²) in [6, 6.07) is 3.71. The van der Waals surface area contributed by atoms with Gasteiger partial charge in [0.15, 0.2) is 9.84 Å². The van der Waals surface area contributed by atoms with Crippen molar-refractivity contribution >= 4 is 21.2 Å². The molecule has 1 aliphatic rings. The van der Waals surface area contributed by atoms with Gasteiger partial charge in [-0.1, -0.05) is 0 Å². The number of hydrogen-bond acceptors (Lipinski definition) is 4. The van der Waals surface area contributed by atoms with E-state index in [9.17, 15) is 8.42 Å². The standard InChI is InChI=1S/C13H20N2O2S/c1-15-13-6-5-12(14)10(7-9-3-4-9)11(13)8-18(2,16)17/h5-6,9,15H,3-4,7-8,14H2,1-2H3. The Morgan fingerprint density at radius 3 is 2.50 bits per heavy atom. The number of nitrogen functional groups attached to an aromatic ring is 1. The van der Waals surface area contributed by atoms with E-state index >= 15 is 0 Å². The number of sulfone groups is 1. The predicted molar refractivity (Wildman–Crippen MR) is 75.4 cm³/mol. The van der Waals surface area contributed by atoms with Crippen molar-refractivity contribution in [2.75, 3.05) is 24.4 Å². The number of nitrogens with two attached hydrogens (primary N) is 1. The summed E-state index contributed by atoms with van der Waals surface area (Å²) >= 11 is 0. The summed E-state index contributed by atoms with van der Waals surface area (Å²) < 4.78 is 23.1. The maximum absolute atomic E-state index is 11.6. The van der Waals surface area contributed by atoms with Crippen LogP contribution in [0.2, 0.25) is 0 Å². The lowest BCUT2D eigenvalue weighted by Gasteiger charge is -2.16. The number of benzene rings is 1. The van der Waals surface area contributed by atoms with E-state index in [2.05, 4.69) is 5.32 Å². The van der Waals surface area contributed by atoms with Crippen LogP contribution in [0.5, 0.6) is 0 Å². The first kappa shape index (κ1) is 13.2. The van der Waals surface area contributed by atoms with E-state index in [0.29, 0.717) is 11.6 Å². The highest BCUT2D eigenvalue weighted by molar-refractivity contribution is 7.89. The fourth-order valence-corrected chi connectivity index (χ4v) is 3.08. The molecule has 4 nitrogen and oxygen atoms in total. The molecule has 1 saturated carbocycles. The first-order chi connectivity index (χ1) is 8.40. The Kier molecular flexibility index (Phi) is 3.52. The van der Waals surface area contributed by atoms with Gasteiger partial charge in [0.1, 0.15) is 0 Å². The van der Waals surface area contributed by atoms with Gasteiger partial charge in [0.2, 0.25) is 0 Å². The maximum atomic E-state index is 11.6. The molecule has 18 heavy (non-hydrogen) atoms. The zero-order valence-corrected chi connectivity index (χ0v) is 11.7. The van der Waals surface area contributed by atoms with E-state index in [1.807, 2.05) is 12.1 Å². The quantitative estimate of drug-likeness (QED) is 0.799. The number of nitrogens with one attached hydrogen (secondary N) is 1. The van der Waals surface area contributed by atoms with E-state index in [1.54, 1.807) is 7.05 Å². The fraction of sp³-hybridized carbons (Fsp3) is 0.538. The Bertz CT molecular complexity index is 548. The minimum atomic E-state index is -3.06. The summed E-state index contributed by atoms with van der Waals surface area (Å²) in [6.45, 7) is 0. The molecule has 0 unspecified atom stereocenters. The Labute approximate surface area is 108 Å². The molecule has 1 aromatic rings. The molecule has 0 heterocycles. The van der Waals surface area contributed by atoms with Gasteiger partial charge in [-0.2, -0.15) is 0 Å². The van der Waals surface area contributed by atoms with Gasteiger partial charge in [-0.05, 0) is 48.4 Å². The summed E-state index contributed by atoms with van der Waals surface area (Å²) in [6.07, 6.45) is 4.60. The average Bonchev–Trinajstić information content (AvgIpc) is 3.05. The van der Waals surface area contributed by atoms with E-state index < -0.39 is 9.84 Å². The third kappa shape index (κ3) is 3.16. The zero-order chi connectivity index (χ0) is 13.3. The number of rotatable bonds is 5. The van der Waals surface area contributed by atoms with Crippen molar-refractivity contribution in [3.8, 4) is 0 Å². The van der Waals surface area contributed by atoms with Gasteiger partial charge >= 0.3 is 0 Å². The van der Waals surface area contributed by atoms with Crippen molar-refractivity contribution in [1.29, 1.82) is 0 Å². The van der Waals surface area contributed by atoms with Crippen LogP contribution in [-0.2, 0) is 22.0 Å². The highest BCUT2D eigenvalue weighted by atomic mass is 32.2. The molecule has 0 spiro atoms. The SMILES string of the molecule is CNc1ccc(N)c(CC2CC2)c1CS(C)(=O)=O. The molecule has 0 aliphatic heterocycles. The minimum absolute atomic E-state index is 0.0519. The lowest BCUT2D eigenvalue weighted by atomic mass is 9.99. The molecule has 1 aromatic carbocycles. The van der Waals surface area contributed by atoms with Gasteiger partial charge in [0.25, 0.3) is 0 Å². The van der Waals surface area contributed by atoms with Crippen LogP contribution >= 0.6 is 0 Å². The van der Waals surface area contributed by atoms with E-state index in [0.717, 1.165) is 23.2 Å². The van der Waals surface area contributed by atoms with Crippen LogP contribution in [0.15, 0.2) is 12.1 Å². The van der Waals surface area contributed by atoms with Crippen molar-refractivity contribution in [3.05, 3.63) is 23.3 Å². The molecular formula is C13H20N2O2S. The van der Waals surface area contributed by atoms with E-state index in [1.165, 1.54) is 19.1 Å². The predicted octanol–water partition coefficient (Wildman–Crippen LogP) is 1.81. The molecule has 0 atom stereocenters. The molecular weight excluding hydrogens is 248 g/mol. The third-order valence-electron chi connectivity index (χ3n) is 3.33. The normalized spacial score (nSPS) is 15.7. The fourth-order valence-electron chi connectivity index (χ4n) is 2.22. The minimum Gasteiger partial charge on any atom is -0.398 e. The lowest BCUT2D eigenvalue weighted by Crippen LogP contribution is -2.10. The van der Waals surface area contributed by atoms with E-state index in [-0.39, 0.29) is 5.75 Å². The van der Waals surface area contributed by atoms with Crippen LogP contribution in [0.4, 0.5) is 11.4 Å². The van der Waals surface area contributed by atoms with Crippen molar-refractivity contribution in [1.82, 2.24) is 0 Å². The largest absolute Gasteiger partial charge is 0.398 e. The second-order valence-corrected chi connectivity index (χ2v) is 7.27. The van der Waals surface area contributed by atoms with Crippen molar-refractivity contribution in [3.63, 3.8) is 0 Å². The molecule has 0 bridgehead atoms. The molecule has 2 rings (SSSR count). The molecule has 0 saturated heterocycles. The molecule has 0 radical (unpaired) electrons. The first-order valence-electron chi connectivity index (χ1n) is 6.16. The van der Waals surface area contributed by atoms with Gasteiger partial charge < -0.3 is 11.1 Å². The Morgan fingerprint density at radius 2 is 2.00 bits per heavy atom.